The number of nitrogens with zero attached hydrogens (tertiary/aromatic N) is 2. The smallest absolute Gasteiger partial charge is 0.253 e. The van der Waals surface area contributed by atoms with E-state index in [0.717, 1.165) is 24.2 Å². The summed E-state index contributed by atoms with van der Waals surface area (Å²) in [7, 11) is 1.80. The summed E-state index contributed by atoms with van der Waals surface area (Å²) in [6, 6.07) is 17.2. The first-order valence-corrected chi connectivity index (χ1v) is 7.85. The van der Waals surface area contributed by atoms with E-state index in [4.69, 9.17) is 0 Å². The van der Waals surface area contributed by atoms with Crippen LogP contribution in [0, 0.1) is 0 Å². The van der Waals surface area contributed by atoms with Gasteiger partial charge in [0.1, 0.15) is 0 Å². The molecule has 118 valence electrons. The van der Waals surface area contributed by atoms with Crippen molar-refractivity contribution in [1.82, 2.24) is 4.90 Å². The highest BCUT2D eigenvalue weighted by atomic mass is 16.2. The molecule has 2 aromatic carbocycles. The molecule has 0 atom stereocenters. The van der Waals surface area contributed by atoms with Gasteiger partial charge in [0.2, 0.25) is 5.91 Å². The van der Waals surface area contributed by atoms with Crippen LogP contribution >= 0.6 is 0 Å². The topological polar surface area (TPSA) is 40.6 Å². The van der Waals surface area contributed by atoms with Crippen LogP contribution in [-0.2, 0) is 11.3 Å². The third-order valence-corrected chi connectivity index (χ3v) is 4.11. The Bertz CT molecular complexity index is 695. The van der Waals surface area contributed by atoms with Crippen molar-refractivity contribution in [3.05, 3.63) is 65.7 Å². The number of rotatable bonds is 4. The molecule has 0 saturated carbocycles. The predicted octanol–water partition coefficient (Wildman–Crippen LogP) is 3.09. The molecule has 0 radical (unpaired) electrons. The van der Waals surface area contributed by atoms with Gasteiger partial charge in [0.25, 0.3) is 5.91 Å². The molecule has 1 aliphatic heterocycles. The lowest BCUT2D eigenvalue weighted by atomic mass is 10.1. The van der Waals surface area contributed by atoms with Crippen molar-refractivity contribution in [3.8, 4) is 0 Å². The maximum absolute atomic E-state index is 12.5. The van der Waals surface area contributed by atoms with Crippen molar-refractivity contribution in [2.45, 2.75) is 19.4 Å². The second-order valence-electron chi connectivity index (χ2n) is 5.84. The summed E-state index contributed by atoms with van der Waals surface area (Å²) in [6.45, 7) is 1.34. The van der Waals surface area contributed by atoms with Gasteiger partial charge in [-0.25, -0.2) is 0 Å². The van der Waals surface area contributed by atoms with E-state index < -0.39 is 0 Å². The normalized spacial score (nSPS) is 14.1. The fourth-order valence-corrected chi connectivity index (χ4v) is 2.85. The summed E-state index contributed by atoms with van der Waals surface area (Å²) in [6.07, 6.45) is 1.51. The summed E-state index contributed by atoms with van der Waals surface area (Å²) in [5.41, 5.74) is 2.61. The van der Waals surface area contributed by atoms with E-state index >= 15 is 0 Å². The molecule has 2 amide bonds. The molecule has 4 heteroatoms. The largest absolute Gasteiger partial charge is 0.337 e. The van der Waals surface area contributed by atoms with E-state index in [1.165, 1.54) is 0 Å². The lowest BCUT2D eigenvalue weighted by Gasteiger charge is -2.19. The lowest BCUT2D eigenvalue weighted by molar-refractivity contribution is -0.117. The number of carbonyl (C=O) groups excluding carboxylic acids is 2. The summed E-state index contributed by atoms with van der Waals surface area (Å²) in [5, 5.41) is 0. The molecule has 23 heavy (non-hydrogen) atoms. The van der Waals surface area contributed by atoms with Crippen molar-refractivity contribution in [3.63, 3.8) is 0 Å². The number of amides is 2. The van der Waals surface area contributed by atoms with E-state index in [9.17, 15) is 9.59 Å². The van der Waals surface area contributed by atoms with E-state index in [2.05, 4.69) is 0 Å². The van der Waals surface area contributed by atoms with Crippen molar-refractivity contribution < 1.29 is 9.59 Å². The molecule has 1 aliphatic rings. The first-order chi connectivity index (χ1) is 11.1. The molecule has 1 saturated heterocycles. The molecule has 0 aromatic heterocycles. The Morgan fingerprint density at radius 1 is 1.09 bits per heavy atom. The van der Waals surface area contributed by atoms with Gasteiger partial charge in [0.05, 0.1) is 0 Å². The summed E-state index contributed by atoms with van der Waals surface area (Å²) in [4.78, 5) is 27.7. The predicted molar refractivity (Wildman–Crippen MR) is 90.3 cm³/mol. The van der Waals surface area contributed by atoms with Gasteiger partial charge in [-0.15, -0.1) is 0 Å². The minimum absolute atomic E-state index is 0.0202. The van der Waals surface area contributed by atoms with Gasteiger partial charge in [0, 0.05) is 37.8 Å². The second-order valence-corrected chi connectivity index (χ2v) is 5.84. The van der Waals surface area contributed by atoms with Crippen LogP contribution in [-0.4, -0.2) is 30.3 Å². The zero-order valence-electron chi connectivity index (χ0n) is 13.2. The minimum Gasteiger partial charge on any atom is -0.337 e. The average Bonchev–Trinajstić information content (AvgIpc) is 3.01. The van der Waals surface area contributed by atoms with Gasteiger partial charge in [-0.1, -0.05) is 30.3 Å². The van der Waals surface area contributed by atoms with E-state index in [1.807, 2.05) is 42.5 Å². The first kappa shape index (κ1) is 15.3. The Balaban J connectivity index is 1.68. The Kier molecular flexibility index (Phi) is 4.42. The molecular formula is C19H20N2O2. The van der Waals surface area contributed by atoms with Crippen LogP contribution in [0.4, 0.5) is 5.69 Å². The zero-order valence-corrected chi connectivity index (χ0v) is 13.2. The Morgan fingerprint density at radius 2 is 1.78 bits per heavy atom. The zero-order chi connectivity index (χ0) is 16.2. The molecule has 0 aliphatic carbocycles. The second kappa shape index (κ2) is 6.65. The van der Waals surface area contributed by atoms with Crippen molar-refractivity contribution >= 4 is 17.5 Å². The van der Waals surface area contributed by atoms with Crippen LogP contribution in [0.15, 0.2) is 54.6 Å². The van der Waals surface area contributed by atoms with E-state index in [1.54, 1.807) is 29.0 Å². The van der Waals surface area contributed by atoms with Gasteiger partial charge >= 0.3 is 0 Å². The van der Waals surface area contributed by atoms with Crippen LogP contribution in [0.3, 0.4) is 0 Å². The van der Waals surface area contributed by atoms with Gasteiger partial charge in [-0.05, 0) is 36.2 Å². The number of hydrogen-bond acceptors (Lipinski definition) is 2. The number of anilines is 1. The molecule has 0 spiro atoms. The van der Waals surface area contributed by atoms with Crippen LogP contribution in [0.1, 0.15) is 28.8 Å². The standard InChI is InChI=1S/C19H20N2O2/c1-20(14-15-6-3-2-4-7-15)19(23)16-9-11-17(12-10-16)21-13-5-8-18(21)22/h2-4,6-7,9-12H,5,8,13-14H2,1H3. The van der Waals surface area contributed by atoms with Gasteiger partial charge in [0.15, 0.2) is 0 Å². The summed E-state index contributed by atoms with van der Waals surface area (Å²) >= 11 is 0. The van der Waals surface area contributed by atoms with Crippen LogP contribution < -0.4 is 4.90 Å². The van der Waals surface area contributed by atoms with Crippen LogP contribution in [0.25, 0.3) is 0 Å². The molecular weight excluding hydrogens is 288 g/mol. The maximum Gasteiger partial charge on any atom is 0.253 e. The molecule has 1 heterocycles. The number of hydrogen-bond donors (Lipinski definition) is 0. The Morgan fingerprint density at radius 3 is 2.39 bits per heavy atom. The van der Waals surface area contributed by atoms with Gasteiger partial charge in [-0.3, -0.25) is 9.59 Å². The number of benzene rings is 2. The van der Waals surface area contributed by atoms with Gasteiger partial charge < -0.3 is 9.80 Å². The van der Waals surface area contributed by atoms with E-state index in [-0.39, 0.29) is 11.8 Å². The highest BCUT2D eigenvalue weighted by Gasteiger charge is 2.22. The quantitative estimate of drug-likeness (QED) is 0.871. The summed E-state index contributed by atoms with van der Waals surface area (Å²) in [5.74, 6) is 0.137. The minimum atomic E-state index is -0.0202. The first-order valence-electron chi connectivity index (χ1n) is 7.85. The Labute approximate surface area is 136 Å². The molecule has 2 aromatic rings. The highest BCUT2D eigenvalue weighted by molar-refractivity contribution is 5.97. The van der Waals surface area contributed by atoms with Crippen molar-refractivity contribution in [2.24, 2.45) is 0 Å². The lowest BCUT2D eigenvalue weighted by Crippen LogP contribution is -2.26. The third-order valence-electron chi connectivity index (χ3n) is 4.11. The molecule has 4 nitrogen and oxygen atoms in total. The van der Waals surface area contributed by atoms with Crippen molar-refractivity contribution in [2.75, 3.05) is 18.5 Å². The molecule has 3 rings (SSSR count). The SMILES string of the molecule is CN(Cc1ccccc1)C(=O)c1ccc(N2CCCC2=O)cc1. The van der Waals surface area contributed by atoms with Crippen LogP contribution in [0.2, 0.25) is 0 Å². The fourth-order valence-electron chi connectivity index (χ4n) is 2.85. The highest BCUT2D eigenvalue weighted by Crippen LogP contribution is 2.22. The average molecular weight is 308 g/mol. The van der Waals surface area contributed by atoms with Crippen LogP contribution in [0.5, 0.6) is 0 Å². The Hall–Kier alpha value is -2.62. The van der Waals surface area contributed by atoms with E-state index in [0.29, 0.717) is 18.5 Å². The third kappa shape index (κ3) is 3.42. The molecule has 0 N–H and O–H groups in total. The van der Waals surface area contributed by atoms with Crippen molar-refractivity contribution in [1.29, 1.82) is 0 Å². The number of carbonyl (C=O) groups is 2. The fraction of sp³-hybridized carbons (Fsp3) is 0.263. The molecule has 0 bridgehead atoms. The van der Waals surface area contributed by atoms with Gasteiger partial charge in [-0.2, -0.15) is 0 Å². The molecule has 0 unspecified atom stereocenters. The maximum atomic E-state index is 12.5. The summed E-state index contributed by atoms with van der Waals surface area (Å²) < 4.78 is 0. The monoisotopic (exact) mass is 308 g/mol. The molecule has 1 fully saturated rings.